The average Bonchev–Trinajstić information content (AvgIpc) is 2.16. The molecular formula is C10H11ClO4. The van der Waals surface area contributed by atoms with Crippen LogP contribution in [0.2, 0.25) is 0 Å². The van der Waals surface area contributed by atoms with Gasteiger partial charge in [-0.15, -0.1) is 12.4 Å². The van der Waals surface area contributed by atoms with Crippen LogP contribution in [0.1, 0.15) is 5.56 Å². The maximum Gasteiger partial charge on any atom is 0.328 e. The zero-order valence-corrected chi connectivity index (χ0v) is 8.82. The summed E-state index contributed by atoms with van der Waals surface area (Å²) in [4.78, 5) is 10.2. The number of benzene rings is 1. The molecule has 0 atom stereocenters. The fourth-order valence-electron chi connectivity index (χ4n) is 0.965. The smallest absolute Gasteiger partial charge is 0.328 e. The van der Waals surface area contributed by atoms with Crippen molar-refractivity contribution >= 4 is 24.5 Å². The molecule has 0 unspecified atom stereocenters. The number of phenolic OH excluding ortho intramolecular Hbond substituents is 1. The minimum absolute atomic E-state index is 0. The monoisotopic (exact) mass is 230 g/mol. The summed E-state index contributed by atoms with van der Waals surface area (Å²) in [6.07, 6.45) is 2.44. The first-order valence-electron chi connectivity index (χ1n) is 3.91. The van der Waals surface area contributed by atoms with Gasteiger partial charge in [0.25, 0.3) is 0 Å². The number of rotatable bonds is 3. The lowest BCUT2D eigenvalue weighted by molar-refractivity contribution is -0.131. The molecule has 1 aromatic carbocycles. The number of halogens is 1. The first-order valence-corrected chi connectivity index (χ1v) is 3.91. The van der Waals surface area contributed by atoms with Gasteiger partial charge in [-0.3, -0.25) is 0 Å². The van der Waals surface area contributed by atoms with E-state index in [1.807, 2.05) is 0 Å². The Labute approximate surface area is 93.2 Å². The molecule has 0 radical (unpaired) electrons. The molecule has 2 N–H and O–H groups in total. The second kappa shape index (κ2) is 5.93. The van der Waals surface area contributed by atoms with Gasteiger partial charge >= 0.3 is 5.97 Å². The van der Waals surface area contributed by atoms with Gasteiger partial charge in [-0.05, 0) is 23.8 Å². The van der Waals surface area contributed by atoms with Crippen LogP contribution < -0.4 is 4.74 Å². The standard InChI is InChI=1S/C10H10O4.ClH/c1-14-9-6-7(2-4-8(9)11)3-5-10(12)13;/h2-6,11H,1H3,(H,12,13);1H/b5-3+;. The van der Waals surface area contributed by atoms with Crippen LogP contribution >= 0.6 is 12.4 Å². The maximum absolute atomic E-state index is 10.2. The van der Waals surface area contributed by atoms with Crippen molar-refractivity contribution in [3.8, 4) is 11.5 Å². The van der Waals surface area contributed by atoms with Gasteiger partial charge in [0.15, 0.2) is 11.5 Å². The quantitative estimate of drug-likeness (QED) is 0.779. The van der Waals surface area contributed by atoms with Gasteiger partial charge in [0.2, 0.25) is 0 Å². The van der Waals surface area contributed by atoms with Gasteiger partial charge in [0, 0.05) is 6.08 Å². The van der Waals surface area contributed by atoms with E-state index in [0.717, 1.165) is 6.08 Å². The van der Waals surface area contributed by atoms with E-state index < -0.39 is 5.97 Å². The number of carbonyl (C=O) groups is 1. The Morgan fingerprint density at radius 2 is 2.13 bits per heavy atom. The number of aliphatic carboxylic acids is 1. The van der Waals surface area contributed by atoms with Crippen LogP contribution in [-0.4, -0.2) is 23.3 Å². The molecule has 0 heterocycles. The zero-order valence-electron chi connectivity index (χ0n) is 8.01. The van der Waals surface area contributed by atoms with Gasteiger partial charge in [0.1, 0.15) is 0 Å². The van der Waals surface area contributed by atoms with Crippen LogP contribution in [0.15, 0.2) is 24.3 Å². The van der Waals surface area contributed by atoms with Crippen molar-refractivity contribution in [2.75, 3.05) is 7.11 Å². The largest absolute Gasteiger partial charge is 0.504 e. The van der Waals surface area contributed by atoms with Gasteiger partial charge in [-0.2, -0.15) is 0 Å². The third kappa shape index (κ3) is 3.91. The normalized spacial score (nSPS) is 9.67. The molecule has 0 aliphatic rings. The molecule has 1 rings (SSSR count). The Kier molecular flexibility index (Phi) is 5.26. The van der Waals surface area contributed by atoms with E-state index in [-0.39, 0.29) is 18.2 Å². The molecule has 1 aromatic rings. The number of phenols is 1. The molecule has 0 aliphatic heterocycles. The molecule has 0 saturated heterocycles. The highest BCUT2D eigenvalue weighted by molar-refractivity contribution is 5.85. The van der Waals surface area contributed by atoms with Gasteiger partial charge in [-0.1, -0.05) is 6.07 Å². The topological polar surface area (TPSA) is 66.8 Å². The summed E-state index contributed by atoms with van der Waals surface area (Å²) in [5.74, 6) is -0.672. The molecule has 5 heteroatoms. The summed E-state index contributed by atoms with van der Waals surface area (Å²) in [6.45, 7) is 0. The van der Waals surface area contributed by atoms with Crippen molar-refractivity contribution in [2.45, 2.75) is 0 Å². The zero-order chi connectivity index (χ0) is 10.6. The van der Waals surface area contributed by atoms with E-state index in [1.54, 1.807) is 12.1 Å². The molecule has 0 aromatic heterocycles. The van der Waals surface area contributed by atoms with Crippen LogP contribution in [0.4, 0.5) is 0 Å². The number of hydrogen-bond acceptors (Lipinski definition) is 3. The fourth-order valence-corrected chi connectivity index (χ4v) is 0.965. The summed E-state index contributed by atoms with van der Waals surface area (Å²) in [5, 5.41) is 17.6. The van der Waals surface area contributed by atoms with Crippen LogP contribution in [0.5, 0.6) is 11.5 Å². The average molecular weight is 231 g/mol. The van der Waals surface area contributed by atoms with Crippen molar-refractivity contribution in [1.29, 1.82) is 0 Å². The highest BCUT2D eigenvalue weighted by Crippen LogP contribution is 2.26. The fraction of sp³-hybridized carbons (Fsp3) is 0.100. The van der Waals surface area contributed by atoms with E-state index in [1.165, 1.54) is 19.3 Å². The molecule has 4 nitrogen and oxygen atoms in total. The van der Waals surface area contributed by atoms with Crippen molar-refractivity contribution in [1.82, 2.24) is 0 Å². The van der Waals surface area contributed by atoms with Crippen LogP contribution in [0.3, 0.4) is 0 Å². The Morgan fingerprint density at radius 3 is 2.67 bits per heavy atom. The van der Waals surface area contributed by atoms with Gasteiger partial charge in [-0.25, -0.2) is 4.79 Å². The Bertz CT molecular complexity index is 374. The van der Waals surface area contributed by atoms with E-state index in [0.29, 0.717) is 11.3 Å². The Hall–Kier alpha value is -1.68. The Morgan fingerprint density at radius 1 is 1.47 bits per heavy atom. The van der Waals surface area contributed by atoms with E-state index in [4.69, 9.17) is 9.84 Å². The summed E-state index contributed by atoms with van der Waals surface area (Å²) in [6, 6.07) is 4.59. The lowest BCUT2D eigenvalue weighted by Crippen LogP contribution is -1.87. The third-order valence-electron chi connectivity index (χ3n) is 1.62. The van der Waals surface area contributed by atoms with Crippen molar-refractivity contribution in [2.24, 2.45) is 0 Å². The number of methoxy groups -OCH3 is 1. The van der Waals surface area contributed by atoms with Crippen LogP contribution in [-0.2, 0) is 4.79 Å². The molecule has 0 saturated carbocycles. The summed E-state index contributed by atoms with van der Waals surface area (Å²) in [7, 11) is 1.43. The molecule has 0 fully saturated rings. The van der Waals surface area contributed by atoms with E-state index in [2.05, 4.69) is 0 Å². The second-order valence-corrected chi connectivity index (χ2v) is 2.60. The first kappa shape index (κ1) is 13.3. The molecule has 15 heavy (non-hydrogen) atoms. The predicted octanol–water partition coefficient (Wildman–Crippen LogP) is 1.92. The van der Waals surface area contributed by atoms with Gasteiger partial charge < -0.3 is 14.9 Å². The summed E-state index contributed by atoms with van der Waals surface area (Å²) < 4.78 is 4.86. The second-order valence-electron chi connectivity index (χ2n) is 2.60. The Balaban J connectivity index is 0.00000196. The number of carboxylic acids is 1. The highest BCUT2D eigenvalue weighted by atomic mass is 35.5. The first-order chi connectivity index (χ1) is 6.63. The van der Waals surface area contributed by atoms with Crippen LogP contribution in [0, 0.1) is 0 Å². The summed E-state index contributed by atoms with van der Waals surface area (Å²) in [5.41, 5.74) is 0.655. The number of hydrogen-bond donors (Lipinski definition) is 2. The lowest BCUT2D eigenvalue weighted by atomic mass is 10.2. The number of aromatic hydroxyl groups is 1. The predicted molar refractivity (Wildman–Crippen MR) is 58.6 cm³/mol. The SMILES string of the molecule is COc1cc(/C=C/C(=O)O)ccc1O.Cl. The lowest BCUT2D eigenvalue weighted by Gasteiger charge is -2.03. The van der Waals surface area contributed by atoms with Gasteiger partial charge in [0.05, 0.1) is 7.11 Å². The van der Waals surface area contributed by atoms with E-state index >= 15 is 0 Å². The third-order valence-corrected chi connectivity index (χ3v) is 1.62. The molecular weight excluding hydrogens is 220 g/mol. The minimum Gasteiger partial charge on any atom is -0.504 e. The summed E-state index contributed by atoms with van der Waals surface area (Å²) >= 11 is 0. The van der Waals surface area contributed by atoms with Crippen molar-refractivity contribution in [3.63, 3.8) is 0 Å². The highest BCUT2D eigenvalue weighted by Gasteiger charge is 2.00. The van der Waals surface area contributed by atoms with Crippen molar-refractivity contribution < 1.29 is 19.7 Å². The van der Waals surface area contributed by atoms with E-state index in [9.17, 15) is 9.90 Å². The molecule has 0 amide bonds. The number of carboxylic acid groups (broad SMARTS) is 1. The van der Waals surface area contributed by atoms with Crippen LogP contribution in [0.25, 0.3) is 6.08 Å². The number of ether oxygens (including phenoxy) is 1. The van der Waals surface area contributed by atoms with Crippen molar-refractivity contribution in [3.05, 3.63) is 29.8 Å². The molecule has 82 valence electrons. The molecule has 0 bridgehead atoms. The molecule has 0 aliphatic carbocycles. The maximum atomic E-state index is 10.2. The molecule has 0 spiro atoms. The minimum atomic E-state index is -1.02.